The molecule has 0 fully saturated rings. The van der Waals surface area contributed by atoms with Crippen LogP contribution in [0.1, 0.15) is 25.0 Å². The molecule has 0 radical (unpaired) electrons. The van der Waals surface area contributed by atoms with Crippen LogP contribution in [0, 0.1) is 11.7 Å². The van der Waals surface area contributed by atoms with Crippen molar-refractivity contribution in [2.75, 3.05) is 0 Å². The van der Waals surface area contributed by atoms with Crippen LogP contribution in [0.3, 0.4) is 0 Å². The highest BCUT2D eigenvalue weighted by atomic mass is 79.9. The van der Waals surface area contributed by atoms with Crippen LogP contribution in [-0.2, 0) is 17.6 Å². The highest BCUT2D eigenvalue weighted by Gasteiger charge is 2.16. The van der Waals surface area contributed by atoms with Gasteiger partial charge in [-0.1, -0.05) is 19.9 Å². The van der Waals surface area contributed by atoms with Crippen LogP contribution in [0.4, 0.5) is 4.39 Å². The first kappa shape index (κ1) is 13.2. The minimum absolute atomic E-state index is 0.216. The lowest BCUT2D eigenvalue weighted by Crippen LogP contribution is -2.13. The Bertz CT molecular complexity index is 404. The summed E-state index contributed by atoms with van der Waals surface area (Å²) in [5.41, 5.74) is 1.46. The summed E-state index contributed by atoms with van der Waals surface area (Å²) >= 11 is 3.14. The summed E-state index contributed by atoms with van der Waals surface area (Å²) in [6, 6.07) is 3.46. The summed E-state index contributed by atoms with van der Waals surface area (Å²) in [5, 5.41) is 8.80. The van der Waals surface area contributed by atoms with E-state index < -0.39 is 11.9 Å². The molecule has 1 unspecified atom stereocenters. The maximum absolute atomic E-state index is 13.7. The van der Waals surface area contributed by atoms with Gasteiger partial charge in [0.15, 0.2) is 0 Å². The van der Waals surface area contributed by atoms with Gasteiger partial charge in [-0.05, 0) is 46.0 Å². The van der Waals surface area contributed by atoms with Gasteiger partial charge >= 0.3 is 5.97 Å². The van der Waals surface area contributed by atoms with Gasteiger partial charge in [0.05, 0.1) is 10.4 Å². The number of aliphatic carboxylic acids is 1. The van der Waals surface area contributed by atoms with Crippen LogP contribution in [0.25, 0.3) is 0 Å². The molecule has 1 aromatic rings. The molecule has 1 N–H and O–H groups in total. The largest absolute Gasteiger partial charge is 0.481 e. The van der Waals surface area contributed by atoms with Crippen molar-refractivity contribution in [3.8, 4) is 0 Å². The number of carbonyl (C=O) groups is 1. The monoisotopic (exact) mass is 288 g/mol. The Morgan fingerprint density at radius 3 is 2.69 bits per heavy atom. The molecule has 0 heterocycles. The van der Waals surface area contributed by atoms with E-state index in [1.165, 1.54) is 0 Å². The highest BCUT2D eigenvalue weighted by Crippen LogP contribution is 2.24. The molecule has 0 saturated heterocycles. The van der Waals surface area contributed by atoms with Crippen LogP contribution in [0.15, 0.2) is 16.6 Å². The van der Waals surface area contributed by atoms with Crippen LogP contribution < -0.4 is 0 Å². The second kappa shape index (κ2) is 5.43. The van der Waals surface area contributed by atoms with E-state index in [1.54, 1.807) is 19.1 Å². The van der Waals surface area contributed by atoms with E-state index in [0.29, 0.717) is 10.0 Å². The Balaban J connectivity index is 3.03. The molecule has 1 aromatic carbocycles. The molecule has 4 heteroatoms. The van der Waals surface area contributed by atoms with E-state index >= 15 is 0 Å². The maximum Gasteiger partial charge on any atom is 0.306 e. The van der Waals surface area contributed by atoms with Crippen molar-refractivity contribution in [2.45, 2.75) is 26.7 Å². The number of aryl methyl sites for hydroxylation is 1. The molecule has 0 aliphatic rings. The lowest BCUT2D eigenvalue weighted by molar-refractivity contribution is -0.141. The second-order valence-corrected chi connectivity index (χ2v) is 4.70. The van der Waals surface area contributed by atoms with E-state index in [1.807, 2.05) is 6.92 Å². The predicted octanol–water partition coefficient (Wildman–Crippen LogP) is 3.41. The molecule has 0 saturated carbocycles. The fourth-order valence-corrected chi connectivity index (χ4v) is 2.03. The average Bonchev–Trinajstić information content (AvgIpc) is 2.24. The Morgan fingerprint density at radius 1 is 1.56 bits per heavy atom. The van der Waals surface area contributed by atoms with Crippen molar-refractivity contribution in [3.05, 3.63) is 33.5 Å². The predicted molar refractivity (Wildman–Crippen MR) is 64.0 cm³/mol. The van der Waals surface area contributed by atoms with Gasteiger partial charge in [-0.25, -0.2) is 4.39 Å². The molecule has 0 amide bonds. The number of carboxylic acid groups (broad SMARTS) is 1. The molecule has 88 valence electrons. The molecule has 0 spiro atoms. The number of halogens is 2. The second-order valence-electron chi connectivity index (χ2n) is 3.85. The Morgan fingerprint density at radius 2 is 2.19 bits per heavy atom. The standard InChI is InChI=1S/C12H14BrFO2/c1-3-8-5-9(4-7(2)12(15)16)11(14)10(13)6-8/h5-7H,3-4H2,1-2H3,(H,15,16). The number of carboxylic acids is 1. The Hall–Kier alpha value is -0.900. The first-order chi connectivity index (χ1) is 7.45. The van der Waals surface area contributed by atoms with Crippen molar-refractivity contribution in [2.24, 2.45) is 5.92 Å². The fraction of sp³-hybridized carbons (Fsp3) is 0.417. The van der Waals surface area contributed by atoms with Crippen LogP contribution >= 0.6 is 15.9 Å². The number of hydrogen-bond acceptors (Lipinski definition) is 1. The van der Waals surface area contributed by atoms with E-state index in [0.717, 1.165) is 12.0 Å². The SMILES string of the molecule is CCc1cc(Br)c(F)c(CC(C)C(=O)O)c1. The summed E-state index contributed by atoms with van der Waals surface area (Å²) in [6.07, 6.45) is 1.01. The molecule has 1 rings (SSSR count). The third-order valence-electron chi connectivity index (χ3n) is 2.52. The summed E-state index contributed by atoms with van der Waals surface area (Å²) < 4.78 is 14.1. The van der Waals surface area contributed by atoms with Crippen molar-refractivity contribution >= 4 is 21.9 Å². The molecule has 1 atom stereocenters. The first-order valence-electron chi connectivity index (χ1n) is 5.15. The smallest absolute Gasteiger partial charge is 0.306 e. The highest BCUT2D eigenvalue weighted by molar-refractivity contribution is 9.10. The van der Waals surface area contributed by atoms with Crippen LogP contribution in [0.5, 0.6) is 0 Å². The molecule has 0 aromatic heterocycles. The normalized spacial score (nSPS) is 12.5. The summed E-state index contributed by atoms with van der Waals surface area (Å²) in [4.78, 5) is 10.7. The summed E-state index contributed by atoms with van der Waals surface area (Å²) in [6.45, 7) is 3.55. The van der Waals surface area contributed by atoms with E-state index in [9.17, 15) is 9.18 Å². The lowest BCUT2D eigenvalue weighted by atomic mass is 9.98. The molecule has 0 bridgehead atoms. The number of rotatable bonds is 4. The van der Waals surface area contributed by atoms with Crippen molar-refractivity contribution in [1.82, 2.24) is 0 Å². The minimum Gasteiger partial charge on any atom is -0.481 e. The molecule has 16 heavy (non-hydrogen) atoms. The zero-order valence-corrected chi connectivity index (χ0v) is 10.8. The van der Waals surface area contributed by atoms with Crippen molar-refractivity contribution in [1.29, 1.82) is 0 Å². The topological polar surface area (TPSA) is 37.3 Å². The summed E-state index contributed by atoms with van der Waals surface area (Å²) in [7, 11) is 0. The molecule has 0 aliphatic heterocycles. The van der Waals surface area contributed by atoms with E-state index in [-0.39, 0.29) is 12.2 Å². The third kappa shape index (κ3) is 3.04. The fourth-order valence-electron chi connectivity index (χ4n) is 1.48. The van der Waals surface area contributed by atoms with Gasteiger partial charge < -0.3 is 5.11 Å². The van der Waals surface area contributed by atoms with E-state index in [4.69, 9.17) is 5.11 Å². The zero-order valence-electron chi connectivity index (χ0n) is 9.26. The van der Waals surface area contributed by atoms with Gasteiger partial charge in [-0.15, -0.1) is 0 Å². The van der Waals surface area contributed by atoms with Crippen LogP contribution in [0.2, 0.25) is 0 Å². The van der Waals surface area contributed by atoms with Gasteiger partial charge in [0.25, 0.3) is 0 Å². The van der Waals surface area contributed by atoms with Gasteiger partial charge in [0.2, 0.25) is 0 Å². The molecular formula is C12H14BrFO2. The van der Waals surface area contributed by atoms with Crippen molar-refractivity contribution in [3.63, 3.8) is 0 Å². The third-order valence-corrected chi connectivity index (χ3v) is 3.10. The minimum atomic E-state index is -0.905. The molecule has 2 nitrogen and oxygen atoms in total. The van der Waals surface area contributed by atoms with Crippen LogP contribution in [-0.4, -0.2) is 11.1 Å². The average molecular weight is 289 g/mol. The van der Waals surface area contributed by atoms with Gasteiger partial charge in [-0.2, -0.15) is 0 Å². The Labute approximate surface area is 103 Å². The van der Waals surface area contributed by atoms with Gasteiger partial charge in [0, 0.05) is 0 Å². The lowest BCUT2D eigenvalue weighted by Gasteiger charge is -2.10. The maximum atomic E-state index is 13.7. The Kier molecular flexibility index (Phi) is 4.47. The molecule has 0 aliphatic carbocycles. The van der Waals surface area contributed by atoms with Gasteiger partial charge in [-0.3, -0.25) is 4.79 Å². The quantitative estimate of drug-likeness (QED) is 0.922. The van der Waals surface area contributed by atoms with Crippen molar-refractivity contribution < 1.29 is 14.3 Å². The van der Waals surface area contributed by atoms with E-state index in [2.05, 4.69) is 15.9 Å². The summed E-state index contributed by atoms with van der Waals surface area (Å²) in [5.74, 6) is -1.84. The zero-order chi connectivity index (χ0) is 12.3. The van der Waals surface area contributed by atoms with Gasteiger partial charge in [0.1, 0.15) is 5.82 Å². The number of benzene rings is 1. The number of hydrogen-bond donors (Lipinski definition) is 1. The first-order valence-corrected chi connectivity index (χ1v) is 5.94. The molecular weight excluding hydrogens is 275 g/mol.